The standard InChI is InChI=1S/C35H26O/c1-17-11-21-15-23-13-19-7-3-5-9-25(19)28(23)33-30(21)32-27(17)18(2)12-22-16-24-14-20-8-4-6-10-26(20)29(24)34(31(22)32)35(33)36/h3-12,33-34H,13-16H2,1-2H3. The number of aryl methyl sites for hydroxylation is 2. The highest BCUT2D eigenvalue weighted by Crippen LogP contribution is 2.60. The number of carbonyl (C=O) groups excluding carboxylic acids is 1. The Balaban J connectivity index is 1.42. The summed E-state index contributed by atoms with van der Waals surface area (Å²) in [4.78, 5) is 15.0. The van der Waals surface area contributed by atoms with E-state index in [1.54, 1.807) is 0 Å². The van der Waals surface area contributed by atoms with Crippen LogP contribution in [0.1, 0.15) is 67.5 Å². The second-order valence-corrected chi connectivity index (χ2v) is 11.6. The van der Waals surface area contributed by atoms with E-state index in [1.165, 1.54) is 88.7 Å². The third-order valence-electron chi connectivity index (χ3n) is 9.77. The summed E-state index contributed by atoms with van der Waals surface area (Å²) in [7, 11) is 0. The Morgan fingerprint density at radius 1 is 0.583 bits per heavy atom. The van der Waals surface area contributed by atoms with Crippen molar-refractivity contribution in [1.82, 2.24) is 0 Å². The van der Waals surface area contributed by atoms with Crippen LogP contribution in [-0.4, -0.2) is 5.78 Å². The maximum Gasteiger partial charge on any atom is 0.156 e. The first-order valence-electron chi connectivity index (χ1n) is 13.3. The predicted molar refractivity (Wildman–Crippen MR) is 145 cm³/mol. The van der Waals surface area contributed by atoms with Crippen molar-refractivity contribution in [1.29, 1.82) is 0 Å². The van der Waals surface area contributed by atoms with Gasteiger partial charge in [-0.2, -0.15) is 0 Å². The van der Waals surface area contributed by atoms with Crippen molar-refractivity contribution in [2.24, 2.45) is 0 Å². The minimum Gasteiger partial charge on any atom is -0.298 e. The van der Waals surface area contributed by atoms with Crippen LogP contribution in [0, 0.1) is 13.8 Å². The maximum atomic E-state index is 15.0. The molecule has 9 rings (SSSR count). The lowest BCUT2D eigenvalue weighted by molar-refractivity contribution is -0.119. The van der Waals surface area contributed by atoms with Crippen molar-refractivity contribution in [3.8, 4) is 0 Å². The summed E-state index contributed by atoms with van der Waals surface area (Å²) >= 11 is 0. The highest BCUT2D eigenvalue weighted by atomic mass is 16.1. The van der Waals surface area contributed by atoms with Gasteiger partial charge in [-0.3, -0.25) is 4.79 Å². The Labute approximate surface area is 211 Å². The summed E-state index contributed by atoms with van der Waals surface area (Å²) in [6, 6.07) is 22.4. The van der Waals surface area contributed by atoms with Gasteiger partial charge in [-0.05, 0) is 117 Å². The number of hydrogen-bond donors (Lipinski definition) is 0. The van der Waals surface area contributed by atoms with Crippen LogP contribution in [0.3, 0.4) is 0 Å². The van der Waals surface area contributed by atoms with Gasteiger partial charge in [0.05, 0.1) is 11.8 Å². The molecule has 0 radical (unpaired) electrons. The van der Waals surface area contributed by atoms with E-state index in [-0.39, 0.29) is 11.8 Å². The van der Waals surface area contributed by atoms with E-state index < -0.39 is 0 Å². The molecule has 2 atom stereocenters. The highest BCUT2D eigenvalue weighted by Gasteiger charge is 2.49. The second kappa shape index (κ2) is 6.34. The van der Waals surface area contributed by atoms with E-state index in [2.05, 4.69) is 74.5 Å². The molecule has 0 aliphatic heterocycles. The number of fused-ring (bicyclic) bond motifs is 6. The summed E-state index contributed by atoms with van der Waals surface area (Å²) in [5.74, 6) is 0.108. The number of ketones is 1. The average molecular weight is 463 g/mol. The first-order valence-corrected chi connectivity index (χ1v) is 13.3. The Kier molecular flexibility index (Phi) is 3.43. The van der Waals surface area contributed by atoms with E-state index in [1.807, 2.05) is 0 Å². The lowest BCUT2D eigenvalue weighted by Crippen LogP contribution is -2.33. The van der Waals surface area contributed by atoms with Crippen molar-refractivity contribution in [3.63, 3.8) is 0 Å². The SMILES string of the molecule is Cc1cc2c3c4c5c(cc(C)c14)CC1=C(c4ccccc4C1)C5C(=O)C3C1=C(Cc3ccccc31)C2. The predicted octanol–water partition coefficient (Wildman–Crippen LogP) is 7.34. The Bertz CT molecular complexity index is 1700. The van der Waals surface area contributed by atoms with Crippen molar-refractivity contribution < 1.29 is 4.79 Å². The number of Topliss-reactive ketones (excluding diaryl/α,β-unsaturated/α-hetero) is 1. The molecule has 172 valence electrons. The van der Waals surface area contributed by atoms with Gasteiger partial charge < -0.3 is 0 Å². The molecule has 1 heteroatoms. The van der Waals surface area contributed by atoms with Gasteiger partial charge >= 0.3 is 0 Å². The van der Waals surface area contributed by atoms with Crippen LogP contribution in [0.15, 0.2) is 71.8 Å². The molecule has 0 saturated carbocycles. The number of carbonyl (C=O) groups is 1. The monoisotopic (exact) mass is 462 g/mol. The molecule has 36 heavy (non-hydrogen) atoms. The third kappa shape index (κ3) is 2.14. The number of benzene rings is 4. The Morgan fingerprint density at radius 3 is 1.53 bits per heavy atom. The molecule has 0 amide bonds. The van der Waals surface area contributed by atoms with Gasteiger partial charge in [0.2, 0.25) is 0 Å². The first kappa shape index (κ1) is 19.5. The zero-order valence-corrected chi connectivity index (χ0v) is 20.7. The van der Waals surface area contributed by atoms with Gasteiger partial charge in [-0.15, -0.1) is 0 Å². The molecule has 0 N–H and O–H groups in total. The van der Waals surface area contributed by atoms with Crippen LogP contribution in [0.25, 0.3) is 21.9 Å². The van der Waals surface area contributed by atoms with Crippen molar-refractivity contribution in [3.05, 3.63) is 127 Å². The van der Waals surface area contributed by atoms with E-state index in [0.29, 0.717) is 5.78 Å². The van der Waals surface area contributed by atoms with Gasteiger partial charge in [0.25, 0.3) is 0 Å². The average Bonchev–Trinajstić information content (AvgIpc) is 3.42. The van der Waals surface area contributed by atoms with Gasteiger partial charge in [0.1, 0.15) is 0 Å². The Hall–Kier alpha value is -3.71. The molecular weight excluding hydrogens is 436 g/mol. The lowest BCUT2D eigenvalue weighted by Gasteiger charge is -2.41. The molecule has 0 saturated heterocycles. The Morgan fingerprint density at radius 2 is 1.03 bits per heavy atom. The second-order valence-electron chi connectivity index (χ2n) is 11.6. The maximum absolute atomic E-state index is 15.0. The van der Waals surface area contributed by atoms with Gasteiger partial charge in [0.15, 0.2) is 5.78 Å². The van der Waals surface area contributed by atoms with Crippen LogP contribution in [0.2, 0.25) is 0 Å². The summed E-state index contributed by atoms with van der Waals surface area (Å²) in [5.41, 5.74) is 19.2. The summed E-state index contributed by atoms with van der Waals surface area (Å²) in [6.45, 7) is 4.56. The molecule has 5 aliphatic carbocycles. The van der Waals surface area contributed by atoms with Crippen LogP contribution in [0.5, 0.6) is 0 Å². The van der Waals surface area contributed by atoms with Gasteiger partial charge in [-0.25, -0.2) is 0 Å². The van der Waals surface area contributed by atoms with Crippen molar-refractivity contribution in [2.45, 2.75) is 51.4 Å². The fraction of sp³-hybridized carbons (Fsp3) is 0.229. The first-order chi connectivity index (χ1) is 17.6. The zero-order chi connectivity index (χ0) is 23.9. The molecule has 2 unspecified atom stereocenters. The topological polar surface area (TPSA) is 17.1 Å². The molecule has 0 fully saturated rings. The van der Waals surface area contributed by atoms with Crippen LogP contribution in [-0.2, 0) is 30.5 Å². The van der Waals surface area contributed by atoms with E-state index in [4.69, 9.17) is 0 Å². The zero-order valence-electron chi connectivity index (χ0n) is 20.7. The molecular formula is C35H26O. The normalized spacial score (nSPS) is 22.1. The molecule has 0 spiro atoms. The van der Waals surface area contributed by atoms with Gasteiger partial charge in [-0.1, -0.05) is 71.8 Å². The van der Waals surface area contributed by atoms with Gasteiger partial charge in [0, 0.05) is 0 Å². The van der Waals surface area contributed by atoms with Crippen LogP contribution in [0.4, 0.5) is 0 Å². The third-order valence-corrected chi connectivity index (χ3v) is 9.77. The molecule has 0 aromatic heterocycles. The van der Waals surface area contributed by atoms with Crippen LogP contribution >= 0.6 is 0 Å². The van der Waals surface area contributed by atoms with Crippen molar-refractivity contribution in [2.75, 3.05) is 0 Å². The van der Waals surface area contributed by atoms with Crippen molar-refractivity contribution >= 4 is 27.7 Å². The fourth-order valence-corrected chi connectivity index (χ4v) is 8.64. The molecule has 0 bridgehead atoms. The molecule has 4 aromatic rings. The quantitative estimate of drug-likeness (QED) is 0.267. The number of rotatable bonds is 0. The minimum atomic E-state index is -0.151. The number of hydrogen-bond acceptors (Lipinski definition) is 1. The minimum absolute atomic E-state index is 0.151. The van der Waals surface area contributed by atoms with E-state index in [9.17, 15) is 4.79 Å². The number of allylic oxidation sites excluding steroid dienone is 4. The smallest absolute Gasteiger partial charge is 0.156 e. The van der Waals surface area contributed by atoms with E-state index >= 15 is 0 Å². The largest absolute Gasteiger partial charge is 0.298 e. The summed E-state index contributed by atoms with van der Waals surface area (Å²) in [5, 5.41) is 2.81. The summed E-state index contributed by atoms with van der Waals surface area (Å²) < 4.78 is 0. The summed E-state index contributed by atoms with van der Waals surface area (Å²) in [6.07, 6.45) is 3.92. The molecule has 1 nitrogen and oxygen atoms in total. The van der Waals surface area contributed by atoms with Crippen LogP contribution < -0.4 is 0 Å². The molecule has 5 aliphatic rings. The molecule has 4 aromatic carbocycles. The fourth-order valence-electron chi connectivity index (χ4n) is 8.64. The molecule has 0 heterocycles. The van der Waals surface area contributed by atoms with E-state index in [0.717, 1.165) is 25.7 Å². The highest BCUT2D eigenvalue weighted by molar-refractivity contribution is 6.19. The lowest BCUT2D eigenvalue weighted by atomic mass is 9.60.